The van der Waals surface area contributed by atoms with Crippen molar-refractivity contribution < 1.29 is 18.4 Å². The molecule has 5 rings (SSSR count). The monoisotopic (exact) mass is 469 g/mol. The molecule has 1 aliphatic rings. The van der Waals surface area contributed by atoms with E-state index >= 15 is 0 Å². The minimum Gasteiger partial charge on any atom is -0.459 e. The van der Waals surface area contributed by atoms with E-state index in [4.69, 9.17) is 13.6 Å². The van der Waals surface area contributed by atoms with Crippen LogP contribution in [0.4, 0.5) is 11.6 Å². The van der Waals surface area contributed by atoms with Crippen LogP contribution in [-0.2, 0) is 4.79 Å². The number of para-hydroxylation sites is 3. The highest BCUT2D eigenvalue weighted by Crippen LogP contribution is 2.30. The molecule has 9 nitrogen and oxygen atoms in total. The van der Waals surface area contributed by atoms with Gasteiger partial charge in [-0.15, -0.1) is 0 Å². The molecule has 0 atom stereocenters. The summed E-state index contributed by atoms with van der Waals surface area (Å²) in [7, 11) is 0. The Bertz CT molecular complexity index is 1320. The lowest BCUT2D eigenvalue weighted by Gasteiger charge is -2.34. The van der Waals surface area contributed by atoms with E-state index < -0.39 is 0 Å². The quantitative estimate of drug-likeness (QED) is 0.425. The van der Waals surface area contributed by atoms with Crippen molar-refractivity contribution in [3.8, 4) is 29.2 Å². The van der Waals surface area contributed by atoms with Crippen LogP contribution in [0.3, 0.4) is 0 Å². The van der Waals surface area contributed by atoms with Gasteiger partial charge in [0, 0.05) is 26.2 Å². The summed E-state index contributed by atoms with van der Waals surface area (Å²) in [5, 5.41) is 12.4. The molecule has 0 radical (unpaired) electrons. The number of hydrogen-bond acceptors (Lipinski definition) is 8. The van der Waals surface area contributed by atoms with E-state index in [1.165, 1.54) is 6.26 Å². The Hall–Kier alpha value is -4.55. The fraction of sp³-hybridized carbons (Fsp3) is 0.192. The summed E-state index contributed by atoms with van der Waals surface area (Å²) in [6.07, 6.45) is 1.53. The van der Waals surface area contributed by atoms with Gasteiger partial charge in [-0.25, -0.2) is 0 Å². The van der Waals surface area contributed by atoms with Crippen molar-refractivity contribution in [2.45, 2.75) is 0 Å². The van der Waals surface area contributed by atoms with Gasteiger partial charge in [-0.05, 0) is 36.4 Å². The van der Waals surface area contributed by atoms with Gasteiger partial charge in [-0.3, -0.25) is 9.69 Å². The number of rotatable bonds is 7. The second kappa shape index (κ2) is 10.2. The molecule has 9 heteroatoms. The number of carbonyl (C=O) groups excluding carboxylic acids is 1. The van der Waals surface area contributed by atoms with Crippen LogP contribution in [0.25, 0.3) is 11.7 Å². The van der Waals surface area contributed by atoms with Crippen LogP contribution in [0, 0.1) is 11.3 Å². The summed E-state index contributed by atoms with van der Waals surface area (Å²) in [4.78, 5) is 21.0. The van der Waals surface area contributed by atoms with Gasteiger partial charge in [0.05, 0.1) is 18.5 Å². The number of nitrogens with zero attached hydrogens (tertiary/aromatic N) is 4. The van der Waals surface area contributed by atoms with Gasteiger partial charge in [0.15, 0.2) is 11.5 Å². The molecule has 0 aliphatic carbocycles. The smallest absolute Gasteiger partial charge is 0.266 e. The third-order valence-corrected chi connectivity index (χ3v) is 5.61. The third-order valence-electron chi connectivity index (χ3n) is 5.61. The van der Waals surface area contributed by atoms with E-state index in [0.29, 0.717) is 55.0 Å². The molecule has 1 N–H and O–H groups in total. The lowest BCUT2D eigenvalue weighted by molar-refractivity contribution is -0.117. The highest BCUT2D eigenvalue weighted by molar-refractivity contribution is 5.93. The Labute approximate surface area is 202 Å². The van der Waals surface area contributed by atoms with E-state index in [-0.39, 0.29) is 24.0 Å². The minimum absolute atomic E-state index is 0.125. The molecule has 1 aliphatic heterocycles. The Balaban J connectivity index is 1.18. The van der Waals surface area contributed by atoms with Crippen LogP contribution in [0.1, 0.15) is 5.69 Å². The number of ether oxygens (including phenoxy) is 1. The van der Waals surface area contributed by atoms with Crippen molar-refractivity contribution in [1.29, 1.82) is 5.26 Å². The molecule has 1 saturated heterocycles. The van der Waals surface area contributed by atoms with E-state index in [1.54, 1.807) is 12.1 Å². The molecule has 0 saturated carbocycles. The molecule has 2 aromatic carbocycles. The van der Waals surface area contributed by atoms with Gasteiger partial charge in [-0.2, -0.15) is 10.2 Å². The number of hydrogen-bond donors (Lipinski definition) is 1. The number of benzene rings is 2. The number of aromatic nitrogens is 1. The SMILES string of the molecule is N#Cc1nc(-c2ccco2)oc1N1CCN(CC(=O)Nc2ccccc2Oc2ccccc2)CC1. The van der Waals surface area contributed by atoms with Crippen molar-refractivity contribution >= 4 is 17.5 Å². The molecule has 0 unspecified atom stereocenters. The lowest BCUT2D eigenvalue weighted by atomic mass is 10.2. The highest BCUT2D eigenvalue weighted by atomic mass is 16.5. The Morgan fingerprint density at radius 3 is 2.54 bits per heavy atom. The zero-order valence-corrected chi connectivity index (χ0v) is 18.9. The van der Waals surface area contributed by atoms with Crippen LogP contribution in [0.2, 0.25) is 0 Å². The van der Waals surface area contributed by atoms with Crippen molar-refractivity contribution in [3.05, 3.63) is 78.7 Å². The fourth-order valence-electron chi connectivity index (χ4n) is 3.88. The first-order chi connectivity index (χ1) is 17.2. The summed E-state index contributed by atoms with van der Waals surface area (Å²) in [6, 6.07) is 22.4. The van der Waals surface area contributed by atoms with E-state index in [1.807, 2.05) is 59.5 Å². The molecule has 4 aromatic rings. The molecular formula is C26H23N5O4. The van der Waals surface area contributed by atoms with Gasteiger partial charge in [0.1, 0.15) is 11.8 Å². The first kappa shape index (κ1) is 22.3. The van der Waals surface area contributed by atoms with E-state index in [2.05, 4.69) is 21.3 Å². The van der Waals surface area contributed by atoms with Crippen LogP contribution in [0.5, 0.6) is 11.5 Å². The van der Waals surface area contributed by atoms with Gasteiger partial charge in [0.2, 0.25) is 17.5 Å². The molecule has 1 fully saturated rings. The number of carbonyl (C=O) groups is 1. The Morgan fingerprint density at radius 2 is 1.80 bits per heavy atom. The minimum atomic E-state index is -0.125. The van der Waals surface area contributed by atoms with Crippen molar-refractivity contribution in [2.24, 2.45) is 0 Å². The standard InChI is InChI=1S/C26H23N5O4/c27-17-21-26(35-25(29-21)23-11-6-16-33-23)31-14-12-30(13-15-31)18-24(32)28-20-9-4-5-10-22(20)34-19-7-2-1-3-8-19/h1-11,16H,12-15,18H2,(H,28,32). The molecule has 2 aromatic heterocycles. The number of oxazole rings is 1. The molecule has 1 amide bonds. The average molecular weight is 470 g/mol. The number of nitriles is 1. The lowest BCUT2D eigenvalue weighted by Crippen LogP contribution is -2.48. The zero-order valence-electron chi connectivity index (χ0n) is 18.9. The largest absolute Gasteiger partial charge is 0.459 e. The van der Waals surface area contributed by atoms with Crippen LogP contribution >= 0.6 is 0 Å². The maximum atomic E-state index is 12.8. The zero-order chi connectivity index (χ0) is 24.0. The average Bonchev–Trinajstić information content (AvgIpc) is 3.57. The molecule has 176 valence electrons. The van der Waals surface area contributed by atoms with Crippen LogP contribution < -0.4 is 15.0 Å². The van der Waals surface area contributed by atoms with Crippen molar-refractivity contribution in [2.75, 3.05) is 42.9 Å². The third kappa shape index (κ3) is 5.18. The summed E-state index contributed by atoms with van der Waals surface area (Å²) >= 11 is 0. The highest BCUT2D eigenvalue weighted by Gasteiger charge is 2.26. The fourth-order valence-corrected chi connectivity index (χ4v) is 3.88. The van der Waals surface area contributed by atoms with E-state index in [0.717, 1.165) is 0 Å². The van der Waals surface area contributed by atoms with Gasteiger partial charge >= 0.3 is 0 Å². The van der Waals surface area contributed by atoms with Crippen LogP contribution in [0.15, 0.2) is 81.8 Å². The van der Waals surface area contributed by atoms with Gasteiger partial charge < -0.3 is 23.8 Å². The van der Waals surface area contributed by atoms with Crippen molar-refractivity contribution in [1.82, 2.24) is 9.88 Å². The summed E-state index contributed by atoms with van der Waals surface area (Å²) in [6.45, 7) is 2.71. The molecule has 35 heavy (non-hydrogen) atoms. The van der Waals surface area contributed by atoms with Crippen molar-refractivity contribution in [3.63, 3.8) is 0 Å². The predicted octanol–water partition coefficient (Wildman–Crippen LogP) is 4.36. The predicted molar refractivity (Wildman–Crippen MR) is 129 cm³/mol. The number of nitrogens with one attached hydrogen (secondary N) is 1. The normalized spacial score (nSPS) is 13.9. The Morgan fingerprint density at radius 1 is 1.03 bits per heavy atom. The summed E-state index contributed by atoms with van der Waals surface area (Å²) in [5.41, 5.74) is 0.836. The second-order valence-electron chi connectivity index (χ2n) is 7.98. The summed E-state index contributed by atoms with van der Waals surface area (Å²) < 4.78 is 17.1. The molecule has 0 spiro atoms. The molecular weight excluding hydrogens is 446 g/mol. The first-order valence-electron chi connectivity index (χ1n) is 11.2. The number of amides is 1. The first-order valence-corrected chi connectivity index (χ1v) is 11.2. The molecule has 3 heterocycles. The molecule has 0 bridgehead atoms. The number of furan rings is 1. The van der Waals surface area contributed by atoms with Gasteiger partial charge in [0.25, 0.3) is 5.89 Å². The van der Waals surface area contributed by atoms with Crippen LogP contribution in [-0.4, -0.2) is 48.5 Å². The maximum Gasteiger partial charge on any atom is 0.266 e. The summed E-state index contributed by atoms with van der Waals surface area (Å²) in [5.74, 6) is 2.33. The Kier molecular flexibility index (Phi) is 6.46. The topological polar surface area (TPSA) is 108 Å². The number of piperazine rings is 1. The second-order valence-corrected chi connectivity index (χ2v) is 7.98. The van der Waals surface area contributed by atoms with E-state index in [9.17, 15) is 10.1 Å². The maximum absolute atomic E-state index is 12.8. The number of anilines is 2. The van der Waals surface area contributed by atoms with Gasteiger partial charge in [-0.1, -0.05) is 30.3 Å².